The van der Waals surface area contributed by atoms with E-state index in [1.807, 2.05) is 0 Å². The predicted molar refractivity (Wildman–Crippen MR) is 87.8 cm³/mol. The summed E-state index contributed by atoms with van der Waals surface area (Å²) in [6.07, 6.45) is 6.80. The van der Waals surface area contributed by atoms with E-state index in [1.54, 1.807) is 0 Å². The van der Waals surface area contributed by atoms with Crippen LogP contribution >= 0.6 is 12.2 Å². The number of nitrogens with one attached hydrogen (secondary N) is 1. The fourth-order valence-electron chi connectivity index (χ4n) is 3.30. The van der Waals surface area contributed by atoms with Gasteiger partial charge in [0.05, 0.1) is 13.3 Å². The minimum Gasteiger partial charge on any atom is -0.349 e. The molecular weight excluding hydrogens is 266 g/mol. The van der Waals surface area contributed by atoms with Gasteiger partial charge in [0.1, 0.15) is 0 Å². The Kier molecular flexibility index (Phi) is 4.22. The van der Waals surface area contributed by atoms with Crippen molar-refractivity contribution in [2.24, 2.45) is 0 Å². The van der Waals surface area contributed by atoms with E-state index >= 15 is 0 Å². The molecule has 1 heterocycles. The van der Waals surface area contributed by atoms with Gasteiger partial charge >= 0.3 is 0 Å². The van der Waals surface area contributed by atoms with E-state index < -0.39 is 0 Å². The molecule has 0 unspecified atom stereocenters. The van der Waals surface area contributed by atoms with Crippen LogP contribution in [0.5, 0.6) is 0 Å². The van der Waals surface area contributed by atoms with Crippen LogP contribution in [0.2, 0.25) is 0 Å². The highest BCUT2D eigenvalue weighted by molar-refractivity contribution is 7.80. The van der Waals surface area contributed by atoms with Gasteiger partial charge in [-0.15, -0.1) is 0 Å². The van der Waals surface area contributed by atoms with Crippen LogP contribution in [0.4, 0.5) is 5.69 Å². The summed E-state index contributed by atoms with van der Waals surface area (Å²) in [4.78, 5) is 4.78. The van der Waals surface area contributed by atoms with Crippen LogP contribution in [0, 0.1) is 6.92 Å². The molecule has 20 heavy (non-hydrogen) atoms. The molecule has 0 bridgehead atoms. The molecule has 3 nitrogen and oxygen atoms in total. The lowest BCUT2D eigenvalue weighted by atomic mass is 9.94. The van der Waals surface area contributed by atoms with Crippen LogP contribution in [-0.4, -0.2) is 29.4 Å². The lowest BCUT2D eigenvalue weighted by Gasteiger charge is -2.43. The van der Waals surface area contributed by atoms with Gasteiger partial charge in [0, 0.05) is 11.7 Å². The molecule has 1 aliphatic heterocycles. The lowest BCUT2D eigenvalue weighted by Crippen LogP contribution is -2.59. The zero-order valence-corrected chi connectivity index (χ0v) is 13.0. The number of aryl methyl sites for hydroxylation is 1. The first kappa shape index (κ1) is 13.8. The van der Waals surface area contributed by atoms with E-state index in [4.69, 9.17) is 12.2 Å². The first-order chi connectivity index (χ1) is 9.75. The Bertz CT molecular complexity index is 482. The summed E-state index contributed by atoms with van der Waals surface area (Å²) in [5, 5.41) is 4.24. The smallest absolute Gasteiger partial charge is 0.175 e. The van der Waals surface area contributed by atoms with Crippen LogP contribution in [0.3, 0.4) is 0 Å². The zero-order chi connectivity index (χ0) is 13.9. The number of nitrogens with zero attached hydrogens (tertiary/aromatic N) is 2. The van der Waals surface area contributed by atoms with Gasteiger partial charge in [0.2, 0.25) is 0 Å². The van der Waals surface area contributed by atoms with Crippen molar-refractivity contribution in [1.29, 1.82) is 0 Å². The summed E-state index contributed by atoms with van der Waals surface area (Å²) >= 11 is 5.51. The highest BCUT2D eigenvalue weighted by Gasteiger charge is 2.28. The third kappa shape index (κ3) is 2.81. The molecule has 108 valence electrons. The third-order valence-corrected chi connectivity index (χ3v) is 4.86. The van der Waals surface area contributed by atoms with Crippen molar-refractivity contribution in [3.63, 3.8) is 0 Å². The minimum atomic E-state index is 0.714. The van der Waals surface area contributed by atoms with Crippen LogP contribution in [0.15, 0.2) is 24.3 Å². The number of rotatable bonds is 2. The standard InChI is InChI=1S/C16H23N3S/c1-13-7-5-6-10-15(13)19-12-18(11-17-16(19)20)14-8-3-2-4-9-14/h5-7,10,14H,2-4,8-9,11-12H2,1H3,(H,17,20). The highest BCUT2D eigenvalue weighted by atomic mass is 32.1. The van der Waals surface area contributed by atoms with Gasteiger partial charge < -0.3 is 10.2 Å². The van der Waals surface area contributed by atoms with Crippen molar-refractivity contribution < 1.29 is 0 Å². The molecule has 0 atom stereocenters. The Hall–Kier alpha value is -1.13. The topological polar surface area (TPSA) is 18.5 Å². The second-order valence-corrected chi connectivity index (χ2v) is 6.26. The molecule has 1 aromatic carbocycles. The summed E-state index contributed by atoms with van der Waals surface area (Å²) in [6, 6.07) is 9.19. The van der Waals surface area contributed by atoms with Gasteiger partial charge in [-0.25, -0.2) is 0 Å². The largest absolute Gasteiger partial charge is 0.349 e. The van der Waals surface area contributed by atoms with Crippen LogP contribution in [0.1, 0.15) is 37.7 Å². The Labute approximate surface area is 126 Å². The maximum absolute atomic E-state index is 5.51. The minimum absolute atomic E-state index is 0.714. The van der Waals surface area contributed by atoms with Crippen molar-refractivity contribution in [3.8, 4) is 0 Å². The third-order valence-electron chi connectivity index (χ3n) is 4.50. The van der Waals surface area contributed by atoms with Gasteiger partial charge in [0.15, 0.2) is 5.11 Å². The second kappa shape index (κ2) is 6.10. The van der Waals surface area contributed by atoms with Crippen molar-refractivity contribution in [1.82, 2.24) is 10.2 Å². The van der Waals surface area contributed by atoms with Gasteiger partial charge in [-0.3, -0.25) is 4.90 Å². The summed E-state index contributed by atoms with van der Waals surface area (Å²) in [6.45, 7) is 3.96. The monoisotopic (exact) mass is 289 g/mol. The van der Waals surface area contributed by atoms with E-state index in [-0.39, 0.29) is 0 Å². The van der Waals surface area contributed by atoms with Crippen molar-refractivity contribution >= 4 is 23.0 Å². The Morgan fingerprint density at radius 2 is 1.90 bits per heavy atom. The fraction of sp³-hybridized carbons (Fsp3) is 0.562. The van der Waals surface area contributed by atoms with E-state index in [1.165, 1.54) is 43.4 Å². The number of benzene rings is 1. The second-order valence-electron chi connectivity index (χ2n) is 5.88. The SMILES string of the molecule is Cc1ccccc1N1CN(C2CCCCC2)CNC1=S. The van der Waals surface area contributed by atoms with Gasteiger partial charge in [-0.05, 0) is 43.6 Å². The Balaban J connectivity index is 1.76. The first-order valence-electron chi connectivity index (χ1n) is 7.61. The molecule has 0 aromatic heterocycles. The quantitative estimate of drug-likeness (QED) is 0.842. The maximum atomic E-state index is 5.51. The molecule has 4 heteroatoms. The molecule has 3 rings (SSSR count). The van der Waals surface area contributed by atoms with Crippen LogP contribution in [-0.2, 0) is 0 Å². The van der Waals surface area contributed by atoms with Crippen molar-refractivity contribution in [2.45, 2.75) is 45.1 Å². The summed E-state index contributed by atoms with van der Waals surface area (Å²) in [5.74, 6) is 0. The predicted octanol–water partition coefficient (Wildman–Crippen LogP) is 3.24. The Morgan fingerprint density at radius 3 is 2.65 bits per heavy atom. The Morgan fingerprint density at radius 1 is 1.15 bits per heavy atom. The normalized spacial score (nSPS) is 21.9. The average Bonchev–Trinajstić information content (AvgIpc) is 2.49. The van der Waals surface area contributed by atoms with E-state index in [0.29, 0.717) is 6.04 Å². The van der Waals surface area contributed by atoms with E-state index in [2.05, 4.69) is 46.3 Å². The van der Waals surface area contributed by atoms with Gasteiger partial charge in [-0.1, -0.05) is 37.5 Å². The van der Waals surface area contributed by atoms with Crippen LogP contribution < -0.4 is 10.2 Å². The van der Waals surface area contributed by atoms with Gasteiger partial charge in [-0.2, -0.15) is 0 Å². The van der Waals surface area contributed by atoms with E-state index in [0.717, 1.165) is 18.4 Å². The van der Waals surface area contributed by atoms with Gasteiger partial charge in [0.25, 0.3) is 0 Å². The molecular formula is C16H23N3S. The molecule has 1 saturated heterocycles. The molecule has 0 amide bonds. The van der Waals surface area contributed by atoms with Crippen LogP contribution in [0.25, 0.3) is 0 Å². The summed E-state index contributed by atoms with van der Waals surface area (Å²) < 4.78 is 0. The number of para-hydroxylation sites is 1. The maximum Gasteiger partial charge on any atom is 0.175 e. The number of thiocarbonyl (C=S) groups is 1. The number of anilines is 1. The molecule has 0 spiro atoms. The molecule has 2 fully saturated rings. The summed E-state index contributed by atoms with van der Waals surface area (Å²) in [5.41, 5.74) is 2.51. The van der Waals surface area contributed by atoms with E-state index in [9.17, 15) is 0 Å². The molecule has 0 radical (unpaired) electrons. The first-order valence-corrected chi connectivity index (χ1v) is 8.01. The average molecular weight is 289 g/mol. The fourth-order valence-corrected chi connectivity index (χ4v) is 3.52. The highest BCUT2D eigenvalue weighted by Crippen LogP contribution is 2.26. The number of hydrogen-bond donors (Lipinski definition) is 1. The summed E-state index contributed by atoms with van der Waals surface area (Å²) in [7, 11) is 0. The molecule has 1 saturated carbocycles. The zero-order valence-electron chi connectivity index (χ0n) is 12.1. The number of hydrogen-bond acceptors (Lipinski definition) is 2. The lowest BCUT2D eigenvalue weighted by molar-refractivity contribution is 0.148. The molecule has 1 aliphatic carbocycles. The van der Waals surface area contributed by atoms with Crippen molar-refractivity contribution in [2.75, 3.05) is 18.2 Å². The van der Waals surface area contributed by atoms with Crippen molar-refractivity contribution in [3.05, 3.63) is 29.8 Å². The molecule has 1 N–H and O–H groups in total. The molecule has 1 aromatic rings. The molecule has 2 aliphatic rings.